The Morgan fingerprint density at radius 1 is 1.00 bits per heavy atom. The third-order valence-corrected chi connectivity index (χ3v) is 8.06. The van der Waals surface area contributed by atoms with Gasteiger partial charge in [-0.2, -0.15) is 0 Å². The van der Waals surface area contributed by atoms with Gasteiger partial charge in [-0.15, -0.1) is 0 Å². The van der Waals surface area contributed by atoms with Crippen LogP contribution in [0.2, 0.25) is 10.0 Å². The van der Waals surface area contributed by atoms with Crippen molar-refractivity contribution in [3.05, 3.63) is 98.4 Å². The quantitative estimate of drug-likeness (QED) is 0.347. The minimum atomic E-state index is -3.85. The molecule has 3 aromatic rings. The first-order chi connectivity index (χ1) is 17.5. The van der Waals surface area contributed by atoms with Crippen molar-refractivity contribution in [3.63, 3.8) is 0 Å². The number of hydrogen-bond acceptors (Lipinski definition) is 4. The predicted molar refractivity (Wildman–Crippen MR) is 151 cm³/mol. The molecule has 0 heterocycles. The van der Waals surface area contributed by atoms with Gasteiger partial charge in [-0.1, -0.05) is 71.7 Å². The lowest BCUT2D eigenvalue weighted by atomic mass is 10.0. The van der Waals surface area contributed by atoms with Crippen molar-refractivity contribution >= 4 is 66.7 Å². The summed E-state index contributed by atoms with van der Waals surface area (Å²) in [4.78, 5) is 28.3. The normalized spacial score (nSPS) is 12.0. The summed E-state index contributed by atoms with van der Waals surface area (Å²) >= 11 is 15.8. The summed E-state index contributed by atoms with van der Waals surface area (Å²) in [6, 6.07) is 19.9. The zero-order valence-corrected chi connectivity index (χ0v) is 24.1. The molecule has 0 aromatic heterocycles. The Bertz CT molecular complexity index is 1370. The Hall–Kier alpha value is -2.59. The Balaban J connectivity index is 2.06. The molecule has 7 nitrogen and oxygen atoms in total. The average molecular weight is 627 g/mol. The van der Waals surface area contributed by atoms with E-state index < -0.39 is 34.4 Å². The number of hydrogen-bond donors (Lipinski definition) is 1. The van der Waals surface area contributed by atoms with E-state index in [-0.39, 0.29) is 13.0 Å². The number of halogens is 3. The average Bonchev–Trinajstić information content (AvgIpc) is 2.85. The van der Waals surface area contributed by atoms with E-state index in [0.29, 0.717) is 25.8 Å². The molecule has 1 N–H and O–H groups in total. The van der Waals surface area contributed by atoms with Crippen molar-refractivity contribution in [3.8, 4) is 0 Å². The van der Waals surface area contributed by atoms with E-state index in [2.05, 4.69) is 21.2 Å². The SMILES string of the molecule is CNC(=O)[C@H](Cc1ccccc1)N(Cc1ccc(Cl)cc1Cl)C(=O)CN(c1ccccc1Br)S(C)(=O)=O. The molecule has 37 heavy (non-hydrogen) atoms. The maximum absolute atomic E-state index is 13.9. The molecular formula is C26H26BrCl2N3O4S. The van der Waals surface area contributed by atoms with Gasteiger partial charge in [0.15, 0.2) is 0 Å². The van der Waals surface area contributed by atoms with E-state index in [1.807, 2.05) is 30.3 Å². The first-order valence-corrected chi connectivity index (χ1v) is 14.6. The Morgan fingerprint density at radius 3 is 2.24 bits per heavy atom. The Labute approximate surface area is 235 Å². The van der Waals surface area contributed by atoms with Crippen molar-refractivity contribution < 1.29 is 18.0 Å². The van der Waals surface area contributed by atoms with Gasteiger partial charge in [-0.25, -0.2) is 8.42 Å². The number of nitrogens with one attached hydrogen (secondary N) is 1. The molecule has 0 aliphatic rings. The van der Waals surface area contributed by atoms with Gasteiger partial charge in [0.1, 0.15) is 12.6 Å². The molecule has 0 saturated heterocycles. The van der Waals surface area contributed by atoms with Gasteiger partial charge in [-0.05, 0) is 51.3 Å². The smallest absolute Gasteiger partial charge is 0.244 e. The van der Waals surface area contributed by atoms with E-state index in [1.54, 1.807) is 42.5 Å². The number of amides is 2. The van der Waals surface area contributed by atoms with E-state index >= 15 is 0 Å². The third-order valence-electron chi connectivity index (χ3n) is 5.67. The number of benzene rings is 3. The molecular weight excluding hydrogens is 601 g/mol. The highest BCUT2D eigenvalue weighted by Crippen LogP contribution is 2.29. The van der Waals surface area contributed by atoms with Crippen LogP contribution in [0.25, 0.3) is 0 Å². The van der Waals surface area contributed by atoms with Gasteiger partial charge in [0.2, 0.25) is 21.8 Å². The van der Waals surface area contributed by atoms with E-state index in [0.717, 1.165) is 16.1 Å². The number of para-hydroxylation sites is 1. The number of carbonyl (C=O) groups is 2. The van der Waals surface area contributed by atoms with Crippen molar-refractivity contribution in [1.29, 1.82) is 0 Å². The Morgan fingerprint density at radius 2 is 1.65 bits per heavy atom. The summed E-state index contributed by atoms with van der Waals surface area (Å²) in [6.45, 7) is -0.553. The lowest BCUT2D eigenvalue weighted by Gasteiger charge is -2.33. The van der Waals surface area contributed by atoms with E-state index in [1.165, 1.54) is 11.9 Å². The number of nitrogens with zero attached hydrogens (tertiary/aromatic N) is 2. The van der Waals surface area contributed by atoms with Crippen LogP contribution >= 0.6 is 39.1 Å². The first kappa shape index (κ1) is 29.0. The van der Waals surface area contributed by atoms with Crippen LogP contribution < -0.4 is 9.62 Å². The monoisotopic (exact) mass is 625 g/mol. The van der Waals surface area contributed by atoms with Crippen molar-refractivity contribution in [2.75, 3.05) is 24.2 Å². The molecule has 3 rings (SSSR count). The largest absolute Gasteiger partial charge is 0.357 e. The molecule has 0 aliphatic heterocycles. The van der Waals surface area contributed by atoms with Gasteiger partial charge >= 0.3 is 0 Å². The molecule has 0 bridgehead atoms. The fourth-order valence-corrected chi connectivity index (χ4v) is 5.75. The number of likely N-dealkylation sites (N-methyl/N-ethyl adjacent to an activating group) is 1. The minimum Gasteiger partial charge on any atom is -0.357 e. The highest BCUT2D eigenvalue weighted by atomic mass is 79.9. The van der Waals surface area contributed by atoms with Crippen molar-refractivity contribution in [1.82, 2.24) is 10.2 Å². The maximum Gasteiger partial charge on any atom is 0.244 e. The van der Waals surface area contributed by atoms with Crippen LogP contribution in [-0.2, 0) is 32.6 Å². The van der Waals surface area contributed by atoms with Crippen molar-refractivity contribution in [2.24, 2.45) is 0 Å². The number of rotatable bonds is 10. The molecule has 0 aliphatic carbocycles. The van der Waals surface area contributed by atoms with Crippen LogP contribution in [0, 0.1) is 0 Å². The van der Waals surface area contributed by atoms with Crippen LogP contribution in [0.4, 0.5) is 5.69 Å². The lowest BCUT2D eigenvalue weighted by Crippen LogP contribution is -2.53. The van der Waals surface area contributed by atoms with E-state index in [9.17, 15) is 18.0 Å². The number of carbonyl (C=O) groups excluding carboxylic acids is 2. The van der Waals surface area contributed by atoms with E-state index in [4.69, 9.17) is 23.2 Å². The molecule has 11 heteroatoms. The van der Waals surface area contributed by atoms with Gasteiger partial charge < -0.3 is 10.2 Å². The fraction of sp³-hybridized carbons (Fsp3) is 0.231. The van der Waals surface area contributed by atoms with Crippen LogP contribution in [0.15, 0.2) is 77.3 Å². The summed E-state index contributed by atoms with van der Waals surface area (Å²) in [5, 5.41) is 3.38. The third kappa shape index (κ3) is 7.70. The molecule has 0 fully saturated rings. The molecule has 3 aromatic carbocycles. The van der Waals surface area contributed by atoms with Crippen LogP contribution in [0.5, 0.6) is 0 Å². The topological polar surface area (TPSA) is 86.8 Å². The second kappa shape index (κ2) is 12.8. The summed E-state index contributed by atoms with van der Waals surface area (Å²) in [6.07, 6.45) is 1.24. The molecule has 0 radical (unpaired) electrons. The molecule has 1 atom stereocenters. The van der Waals surface area contributed by atoms with Crippen LogP contribution in [0.3, 0.4) is 0 Å². The summed E-state index contributed by atoms with van der Waals surface area (Å²) < 4.78 is 27.0. The second-order valence-corrected chi connectivity index (χ2v) is 11.9. The van der Waals surface area contributed by atoms with Gasteiger partial charge in [0.05, 0.1) is 11.9 Å². The fourth-order valence-electron chi connectivity index (χ4n) is 3.80. The summed E-state index contributed by atoms with van der Waals surface area (Å²) in [7, 11) is -2.37. The molecule has 0 spiro atoms. The highest BCUT2D eigenvalue weighted by molar-refractivity contribution is 9.10. The zero-order valence-electron chi connectivity index (χ0n) is 20.2. The predicted octanol–water partition coefficient (Wildman–Crippen LogP) is 4.91. The van der Waals surface area contributed by atoms with Gasteiger partial charge in [0, 0.05) is 34.5 Å². The summed E-state index contributed by atoms with van der Waals surface area (Å²) in [5.41, 5.74) is 1.71. The molecule has 0 unspecified atom stereocenters. The lowest BCUT2D eigenvalue weighted by molar-refractivity contribution is -0.139. The Kier molecular flexibility index (Phi) is 10.0. The van der Waals surface area contributed by atoms with Crippen molar-refractivity contribution in [2.45, 2.75) is 19.0 Å². The number of sulfonamides is 1. The first-order valence-electron chi connectivity index (χ1n) is 11.2. The zero-order chi connectivity index (χ0) is 27.2. The molecule has 196 valence electrons. The van der Waals surface area contributed by atoms with Gasteiger partial charge in [0.25, 0.3) is 0 Å². The number of anilines is 1. The molecule has 2 amide bonds. The summed E-state index contributed by atoms with van der Waals surface area (Å²) in [5.74, 6) is -0.967. The maximum atomic E-state index is 13.9. The van der Waals surface area contributed by atoms with Crippen LogP contribution in [-0.4, -0.2) is 51.0 Å². The second-order valence-electron chi connectivity index (χ2n) is 8.30. The minimum absolute atomic E-state index is 0.0344. The van der Waals surface area contributed by atoms with Crippen LogP contribution in [0.1, 0.15) is 11.1 Å². The molecule has 0 saturated carbocycles. The van der Waals surface area contributed by atoms with Gasteiger partial charge in [-0.3, -0.25) is 13.9 Å². The highest BCUT2D eigenvalue weighted by Gasteiger charge is 2.33. The standard InChI is InChI=1S/C26H26BrCl2N3O4S/c1-30-26(34)24(14-18-8-4-3-5-9-18)31(16-19-12-13-20(28)15-22(19)29)25(33)17-32(37(2,35)36)23-11-7-6-10-21(23)27/h3-13,15,24H,14,16-17H2,1-2H3,(H,30,34)/t24-/m0/s1.